The number of carbonyl (C=O) groups is 1. The van der Waals surface area contributed by atoms with Crippen LogP contribution in [0.25, 0.3) is 0 Å². The van der Waals surface area contributed by atoms with Crippen molar-refractivity contribution in [2.45, 2.75) is 31.3 Å². The molecule has 0 spiro atoms. The summed E-state index contributed by atoms with van der Waals surface area (Å²) in [6.07, 6.45) is 3.56. The Kier molecular flexibility index (Phi) is 3.19. The molecule has 4 heteroatoms. The summed E-state index contributed by atoms with van der Waals surface area (Å²) < 4.78 is 10.7. The average Bonchev–Trinajstić information content (AvgIpc) is 3.22. The minimum atomic E-state index is -0.716. The number of carbonyl (C=O) groups excluding carboxylic acids is 1. The summed E-state index contributed by atoms with van der Waals surface area (Å²) in [6, 6.07) is 6.16. The molecule has 1 aromatic rings. The fourth-order valence-electron chi connectivity index (χ4n) is 2.59. The summed E-state index contributed by atoms with van der Waals surface area (Å²) in [6.45, 7) is 2.03. The first-order chi connectivity index (χ1) is 9.23. The molecule has 0 aromatic heterocycles. The summed E-state index contributed by atoms with van der Waals surface area (Å²) in [5.74, 6) is 0.521. The standard InChI is InChI=1S/C15H19NO3/c1-18-14(17)15(6-7-15)19-13-3-2-11-4-8-16-9-5-12(11)10-13/h2-3,10,16H,4-9H2,1H3. The maximum absolute atomic E-state index is 11.7. The third kappa shape index (κ3) is 2.45. The van der Waals surface area contributed by atoms with Gasteiger partial charge in [-0.25, -0.2) is 4.79 Å². The molecule has 2 aliphatic rings. The number of rotatable bonds is 3. The lowest BCUT2D eigenvalue weighted by atomic mass is 10.0. The largest absolute Gasteiger partial charge is 0.476 e. The molecule has 1 saturated carbocycles. The molecule has 0 unspecified atom stereocenters. The zero-order valence-corrected chi connectivity index (χ0v) is 11.2. The third-order valence-electron chi connectivity index (χ3n) is 3.89. The molecule has 1 heterocycles. The Bertz CT molecular complexity index is 494. The number of fused-ring (bicyclic) bond motifs is 1. The van der Waals surface area contributed by atoms with Gasteiger partial charge in [0.2, 0.25) is 5.60 Å². The lowest BCUT2D eigenvalue weighted by molar-refractivity contribution is -0.151. The average molecular weight is 261 g/mol. The van der Waals surface area contributed by atoms with E-state index in [0.29, 0.717) is 0 Å². The van der Waals surface area contributed by atoms with E-state index in [0.717, 1.165) is 44.5 Å². The molecule has 0 radical (unpaired) electrons. The van der Waals surface area contributed by atoms with Gasteiger partial charge in [-0.15, -0.1) is 0 Å². The van der Waals surface area contributed by atoms with E-state index < -0.39 is 5.60 Å². The third-order valence-corrected chi connectivity index (χ3v) is 3.89. The van der Waals surface area contributed by atoms with Crippen molar-refractivity contribution in [1.82, 2.24) is 5.32 Å². The number of methoxy groups -OCH3 is 1. The predicted octanol–water partition coefficient (Wildman–Crippen LogP) is 1.46. The van der Waals surface area contributed by atoms with E-state index in [-0.39, 0.29) is 5.97 Å². The van der Waals surface area contributed by atoms with Crippen LogP contribution in [-0.4, -0.2) is 31.8 Å². The Balaban J connectivity index is 1.79. The van der Waals surface area contributed by atoms with E-state index >= 15 is 0 Å². The highest BCUT2D eigenvalue weighted by atomic mass is 16.6. The van der Waals surface area contributed by atoms with Crippen LogP contribution in [0.2, 0.25) is 0 Å². The van der Waals surface area contributed by atoms with Gasteiger partial charge in [0.15, 0.2) is 0 Å². The molecule has 1 aliphatic carbocycles. The maximum atomic E-state index is 11.7. The van der Waals surface area contributed by atoms with Crippen molar-refractivity contribution in [2.24, 2.45) is 0 Å². The Labute approximate surface area is 113 Å². The molecule has 1 fully saturated rings. The fraction of sp³-hybridized carbons (Fsp3) is 0.533. The van der Waals surface area contributed by atoms with Crippen LogP contribution in [-0.2, 0) is 22.4 Å². The number of esters is 1. The SMILES string of the molecule is COC(=O)C1(Oc2ccc3c(c2)CCNCC3)CC1. The van der Waals surface area contributed by atoms with Crippen LogP contribution in [0.4, 0.5) is 0 Å². The van der Waals surface area contributed by atoms with Crippen molar-refractivity contribution >= 4 is 5.97 Å². The molecular formula is C15H19NO3. The molecule has 0 bridgehead atoms. The topological polar surface area (TPSA) is 47.6 Å². The van der Waals surface area contributed by atoms with Crippen LogP contribution in [0, 0.1) is 0 Å². The van der Waals surface area contributed by atoms with Gasteiger partial charge in [0.05, 0.1) is 7.11 Å². The van der Waals surface area contributed by atoms with Gasteiger partial charge in [-0.1, -0.05) is 6.07 Å². The van der Waals surface area contributed by atoms with Crippen molar-refractivity contribution in [3.8, 4) is 5.75 Å². The number of benzene rings is 1. The van der Waals surface area contributed by atoms with E-state index in [1.165, 1.54) is 18.2 Å². The van der Waals surface area contributed by atoms with Crippen molar-refractivity contribution in [3.05, 3.63) is 29.3 Å². The fourth-order valence-corrected chi connectivity index (χ4v) is 2.59. The highest BCUT2D eigenvalue weighted by Crippen LogP contribution is 2.41. The normalized spacial score (nSPS) is 20.1. The van der Waals surface area contributed by atoms with Crippen molar-refractivity contribution in [3.63, 3.8) is 0 Å². The van der Waals surface area contributed by atoms with E-state index in [1.54, 1.807) is 0 Å². The van der Waals surface area contributed by atoms with Crippen molar-refractivity contribution in [1.29, 1.82) is 0 Å². The van der Waals surface area contributed by atoms with Gasteiger partial charge in [-0.2, -0.15) is 0 Å². The Morgan fingerprint density at radius 1 is 1.21 bits per heavy atom. The van der Waals surface area contributed by atoms with Gasteiger partial charge in [0.25, 0.3) is 0 Å². The molecule has 4 nitrogen and oxygen atoms in total. The molecule has 3 rings (SSSR count). The van der Waals surface area contributed by atoms with E-state index in [9.17, 15) is 4.79 Å². The Morgan fingerprint density at radius 3 is 2.63 bits per heavy atom. The lowest BCUT2D eigenvalue weighted by Gasteiger charge is -2.17. The smallest absolute Gasteiger partial charge is 0.350 e. The molecule has 0 saturated heterocycles. The molecule has 102 valence electrons. The molecule has 0 amide bonds. The molecule has 0 atom stereocenters. The van der Waals surface area contributed by atoms with Crippen molar-refractivity contribution < 1.29 is 14.3 Å². The molecule has 19 heavy (non-hydrogen) atoms. The minimum absolute atomic E-state index is 0.260. The maximum Gasteiger partial charge on any atom is 0.350 e. The first-order valence-corrected chi connectivity index (χ1v) is 6.83. The van der Waals surface area contributed by atoms with Gasteiger partial charge >= 0.3 is 5.97 Å². The molecule has 1 aliphatic heterocycles. The summed E-state index contributed by atoms with van der Waals surface area (Å²) in [5.41, 5.74) is 1.98. The predicted molar refractivity (Wildman–Crippen MR) is 71.3 cm³/mol. The Morgan fingerprint density at radius 2 is 1.95 bits per heavy atom. The molecule has 1 N–H and O–H groups in total. The monoisotopic (exact) mass is 261 g/mol. The second-order valence-corrected chi connectivity index (χ2v) is 5.27. The second kappa shape index (κ2) is 4.85. The zero-order valence-electron chi connectivity index (χ0n) is 11.2. The van der Waals surface area contributed by atoms with E-state index in [1.807, 2.05) is 6.07 Å². The lowest BCUT2D eigenvalue weighted by Crippen LogP contribution is -2.30. The van der Waals surface area contributed by atoms with Gasteiger partial charge < -0.3 is 14.8 Å². The van der Waals surface area contributed by atoms with Crippen LogP contribution in [0.1, 0.15) is 24.0 Å². The van der Waals surface area contributed by atoms with Crippen LogP contribution < -0.4 is 10.1 Å². The summed E-state index contributed by atoms with van der Waals surface area (Å²) >= 11 is 0. The van der Waals surface area contributed by atoms with Crippen LogP contribution in [0.3, 0.4) is 0 Å². The first-order valence-electron chi connectivity index (χ1n) is 6.83. The van der Waals surface area contributed by atoms with Gasteiger partial charge in [-0.3, -0.25) is 0 Å². The summed E-state index contributed by atoms with van der Waals surface area (Å²) in [4.78, 5) is 11.7. The number of ether oxygens (including phenoxy) is 2. The van der Waals surface area contributed by atoms with E-state index in [2.05, 4.69) is 17.4 Å². The van der Waals surface area contributed by atoms with Gasteiger partial charge in [-0.05, 0) is 49.2 Å². The van der Waals surface area contributed by atoms with Crippen LogP contribution in [0.15, 0.2) is 18.2 Å². The summed E-state index contributed by atoms with van der Waals surface area (Å²) in [7, 11) is 1.41. The molecular weight excluding hydrogens is 242 g/mol. The summed E-state index contributed by atoms with van der Waals surface area (Å²) in [5, 5.41) is 3.39. The first kappa shape index (κ1) is 12.5. The second-order valence-electron chi connectivity index (χ2n) is 5.27. The Hall–Kier alpha value is -1.55. The highest BCUT2D eigenvalue weighted by molar-refractivity contribution is 5.83. The number of hydrogen-bond acceptors (Lipinski definition) is 4. The van der Waals surface area contributed by atoms with Crippen LogP contribution >= 0.6 is 0 Å². The zero-order chi connectivity index (χ0) is 13.3. The van der Waals surface area contributed by atoms with Gasteiger partial charge in [0.1, 0.15) is 5.75 Å². The molecule has 1 aromatic carbocycles. The van der Waals surface area contributed by atoms with Crippen LogP contribution in [0.5, 0.6) is 5.75 Å². The number of nitrogens with one attached hydrogen (secondary N) is 1. The highest BCUT2D eigenvalue weighted by Gasteiger charge is 2.54. The number of hydrogen-bond donors (Lipinski definition) is 1. The van der Waals surface area contributed by atoms with Gasteiger partial charge in [0, 0.05) is 12.8 Å². The van der Waals surface area contributed by atoms with Crippen molar-refractivity contribution in [2.75, 3.05) is 20.2 Å². The quantitative estimate of drug-likeness (QED) is 0.837. The minimum Gasteiger partial charge on any atom is -0.476 e. The van der Waals surface area contributed by atoms with E-state index in [4.69, 9.17) is 9.47 Å².